The summed E-state index contributed by atoms with van der Waals surface area (Å²) in [4.78, 5) is 0. The molecular formula is C16H28F5O2S. The molecular weight excluding hydrogens is 351 g/mol. The van der Waals surface area contributed by atoms with E-state index in [0.29, 0.717) is 12.2 Å². The number of halogens is 5. The molecule has 1 radical (unpaired) electrons. The van der Waals surface area contributed by atoms with Gasteiger partial charge >= 0.3 is 12.1 Å². The molecule has 8 heteroatoms. The fourth-order valence-corrected chi connectivity index (χ4v) is 3.50. The maximum absolute atomic E-state index is 12.7. The van der Waals surface area contributed by atoms with Gasteiger partial charge < -0.3 is 4.55 Å². The molecule has 0 aliphatic rings. The van der Waals surface area contributed by atoms with Gasteiger partial charge in [-0.2, -0.15) is 22.0 Å². The summed E-state index contributed by atoms with van der Waals surface area (Å²) in [6.07, 6.45) is 1.48. The van der Waals surface area contributed by atoms with Gasteiger partial charge in [-0.3, -0.25) is 0 Å². The summed E-state index contributed by atoms with van der Waals surface area (Å²) in [5, 5.41) is 10.2. The molecule has 0 saturated heterocycles. The molecule has 24 heavy (non-hydrogen) atoms. The van der Waals surface area contributed by atoms with Crippen LogP contribution in [-0.2, 0) is 16.3 Å². The lowest BCUT2D eigenvalue weighted by atomic mass is 10.1. The van der Waals surface area contributed by atoms with Crippen molar-refractivity contribution in [2.75, 3.05) is 18.1 Å². The monoisotopic (exact) mass is 379 g/mol. The normalized spacial score (nSPS) is 14.1. The van der Waals surface area contributed by atoms with Crippen LogP contribution < -0.4 is 0 Å². The van der Waals surface area contributed by atoms with Crippen LogP contribution in [0.5, 0.6) is 0 Å². The van der Waals surface area contributed by atoms with E-state index in [4.69, 9.17) is 0 Å². The SMILES string of the molecule is [O]CCCCCCCCCCC[S+]([O-])CCCC(F)(F)C(F)(F)F. The fraction of sp³-hybridized carbons (Fsp3) is 1.00. The molecule has 0 fully saturated rings. The van der Waals surface area contributed by atoms with Gasteiger partial charge in [0.25, 0.3) is 0 Å². The Balaban J connectivity index is 3.46. The third-order valence-electron chi connectivity index (χ3n) is 3.79. The van der Waals surface area contributed by atoms with E-state index in [0.717, 1.165) is 51.4 Å². The van der Waals surface area contributed by atoms with Crippen molar-refractivity contribution in [2.45, 2.75) is 82.7 Å². The second-order valence-corrected chi connectivity index (χ2v) is 7.74. The number of hydrogen-bond acceptors (Lipinski definition) is 1. The molecule has 0 heterocycles. The zero-order chi connectivity index (χ0) is 18.5. The molecule has 0 amide bonds. The minimum absolute atomic E-state index is 0.00894. The highest BCUT2D eigenvalue weighted by Gasteiger charge is 2.56. The molecule has 2 nitrogen and oxygen atoms in total. The van der Waals surface area contributed by atoms with Crippen LogP contribution in [0.15, 0.2) is 0 Å². The Morgan fingerprint density at radius 3 is 1.54 bits per heavy atom. The van der Waals surface area contributed by atoms with Crippen LogP contribution in [0, 0.1) is 0 Å². The maximum Gasteiger partial charge on any atom is 0.453 e. The molecule has 0 aliphatic heterocycles. The van der Waals surface area contributed by atoms with Gasteiger partial charge in [-0.05, 0) is 25.7 Å². The van der Waals surface area contributed by atoms with Crippen molar-refractivity contribution in [1.29, 1.82) is 0 Å². The van der Waals surface area contributed by atoms with Gasteiger partial charge in [0.15, 0.2) is 0 Å². The highest BCUT2D eigenvalue weighted by molar-refractivity contribution is 7.91. The molecule has 0 rings (SSSR count). The van der Waals surface area contributed by atoms with Crippen LogP contribution in [0.25, 0.3) is 0 Å². The molecule has 0 aromatic carbocycles. The number of hydrogen-bond donors (Lipinski definition) is 0. The largest absolute Gasteiger partial charge is 0.616 e. The van der Waals surface area contributed by atoms with Gasteiger partial charge in [0, 0.05) is 6.42 Å². The Kier molecular flexibility index (Phi) is 13.1. The summed E-state index contributed by atoms with van der Waals surface area (Å²) in [5.41, 5.74) is 0. The van der Waals surface area contributed by atoms with Crippen LogP contribution in [-0.4, -0.2) is 34.8 Å². The Labute approximate surface area is 144 Å². The standard InChI is InChI=1S/C16H28F5O2S/c17-15(18,16(19,20)21)11-10-14-24(23)13-9-7-5-3-1-2-4-6-8-12-22/h1-14H2. The molecule has 0 N–H and O–H groups in total. The summed E-state index contributed by atoms with van der Waals surface area (Å²) >= 11 is -1.32. The summed E-state index contributed by atoms with van der Waals surface area (Å²) in [6, 6.07) is 0. The highest BCUT2D eigenvalue weighted by atomic mass is 32.2. The van der Waals surface area contributed by atoms with Crippen molar-refractivity contribution in [3.05, 3.63) is 0 Å². The first-order valence-corrected chi connectivity index (χ1v) is 10.1. The summed E-state index contributed by atoms with van der Waals surface area (Å²) in [6.45, 7) is -0.00894. The van der Waals surface area contributed by atoms with Crippen molar-refractivity contribution in [3.8, 4) is 0 Å². The van der Waals surface area contributed by atoms with Gasteiger partial charge in [-0.25, -0.2) is 5.11 Å². The van der Waals surface area contributed by atoms with Crippen LogP contribution in [0.1, 0.15) is 70.6 Å². The van der Waals surface area contributed by atoms with Gasteiger partial charge in [0.1, 0.15) is 11.5 Å². The summed E-state index contributed by atoms with van der Waals surface area (Å²) in [7, 11) is 0. The van der Waals surface area contributed by atoms with Crippen LogP contribution in [0.4, 0.5) is 22.0 Å². The lowest BCUT2D eigenvalue weighted by molar-refractivity contribution is -0.284. The summed E-state index contributed by atoms with van der Waals surface area (Å²) in [5.74, 6) is -4.43. The van der Waals surface area contributed by atoms with E-state index in [2.05, 4.69) is 0 Å². The molecule has 0 aromatic rings. The zero-order valence-electron chi connectivity index (χ0n) is 14.0. The minimum atomic E-state index is -5.52. The predicted molar refractivity (Wildman–Crippen MR) is 85.2 cm³/mol. The Bertz CT molecular complexity index is 301. The first kappa shape index (κ1) is 23.9. The quantitative estimate of drug-likeness (QED) is 0.206. The van der Waals surface area contributed by atoms with Crippen molar-refractivity contribution in [2.24, 2.45) is 0 Å². The topological polar surface area (TPSA) is 43.0 Å². The Morgan fingerprint density at radius 1 is 0.667 bits per heavy atom. The van der Waals surface area contributed by atoms with Crippen LogP contribution in [0.2, 0.25) is 0 Å². The van der Waals surface area contributed by atoms with E-state index in [1.54, 1.807) is 0 Å². The van der Waals surface area contributed by atoms with E-state index in [-0.39, 0.29) is 18.8 Å². The number of rotatable bonds is 15. The average Bonchev–Trinajstić information content (AvgIpc) is 2.48. The highest BCUT2D eigenvalue weighted by Crippen LogP contribution is 2.38. The Hall–Kier alpha value is -0.0800. The zero-order valence-corrected chi connectivity index (χ0v) is 14.8. The average molecular weight is 379 g/mol. The predicted octanol–water partition coefficient (Wildman–Crippen LogP) is 5.65. The number of unbranched alkanes of at least 4 members (excludes halogenated alkanes) is 8. The maximum atomic E-state index is 12.7. The molecule has 0 saturated carbocycles. The number of alkyl halides is 5. The van der Waals surface area contributed by atoms with Gasteiger partial charge in [-0.15, -0.1) is 0 Å². The minimum Gasteiger partial charge on any atom is -0.616 e. The molecule has 0 spiro atoms. The van der Waals surface area contributed by atoms with Crippen molar-refractivity contribution in [1.82, 2.24) is 0 Å². The van der Waals surface area contributed by atoms with E-state index < -0.39 is 29.7 Å². The van der Waals surface area contributed by atoms with Crippen LogP contribution >= 0.6 is 0 Å². The van der Waals surface area contributed by atoms with Crippen molar-refractivity contribution in [3.63, 3.8) is 0 Å². The molecule has 0 aliphatic carbocycles. The third kappa shape index (κ3) is 12.3. The summed E-state index contributed by atoms with van der Waals surface area (Å²) < 4.78 is 72.8. The van der Waals surface area contributed by atoms with Crippen molar-refractivity contribution < 1.29 is 31.6 Å². The third-order valence-corrected chi connectivity index (χ3v) is 5.28. The molecule has 1 atom stereocenters. The van der Waals surface area contributed by atoms with Gasteiger partial charge in [-0.1, -0.05) is 49.7 Å². The first-order chi connectivity index (χ1) is 11.2. The lowest BCUT2D eigenvalue weighted by Gasteiger charge is -2.19. The van der Waals surface area contributed by atoms with E-state index in [1.165, 1.54) is 0 Å². The van der Waals surface area contributed by atoms with Gasteiger partial charge in [0.05, 0.1) is 6.61 Å². The second-order valence-electron chi connectivity index (χ2n) is 6.04. The first-order valence-electron chi connectivity index (χ1n) is 8.58. The fourth-order valence-electron chi connectivity index (χ4n) is 2.30. The van der Waals surface area contributed by atoms with E-state index in [9.17, 15) is 31.6 Å². The van der Waals surface area contributed by atoms with E-state index in [1.807, 2.05) is 0 Å². The van der Waals surface area contributed by atoms with E-state index >= 15 is 0 Å². The van der Waals surface area contributed by atoms with Crippen LogP contribution in [0.3, 0.4) is 0 Å². The Morgan fingerprint density at radius 2 is 1.08 bits per heavy atom. The van der Waals surface area contributed by atoms with Gasteiger partial charge in [0.2, 0.25) is 0 Å². The molecule has 0 aromatic heterocycles. The lowest BCUT2D eigenvalue weighted by Crippen LogP contribution is -2.36. The molecule has 0 bridgehead atoms. The second kappa shape index (κ2) is 13.2. The molecule has 1 unspecified atom stereocenters. The molecule has 145 valence electrons. The van der Waals surface area contributed by atoms with Crippen molar-refractivity contribution >= 4 is 11.2 Å². The smallest absolute Gasteiger partial charge is 0.453 e.